The summed E-state index contributed by atoms with van der Waals surface area (Å²) in [5.41, 5.74) is 3.35. The standard InChI is InChI=1S/C17H18O2/c1-13-7-6-8-14(11-13)12-16(17(18)19-2)15-9-4-3-5-10-15/h3-11,16H,12H2,1-2H3. The number of methoxy groups -OCH3 is 1. The molecule has 0 amide bonds. The Morgan fingerprint density at radius 1 is 1.11 bits per heavy atom. The molecule has 19 heavy (non-hydrogen) atoms. The fraction of sp³-hybridized carbons (Fsp3) is 0.235. The topological polar surface area (TPSA) is 26.3 Å². The molecule has 0 bridgehead atoms. The van der Waals surface area contributed by atoms with Gasteiger partial charge in [-0.25, -0.2) is 0 Å². The van der Waals surface area contributed by atoms with Crippen LogP contribution in [0.4, 0.5) is 0 Å². The number of benzene rings is 2. The lowest BCUT2D eigenvalue weighted by Crippen LogP contribution is -2.16. The molecule has 0 radical (unpaired) electrons. The van der Waals surface area contributed by atoms with E-state index in [0.29, 0.717) is 6.42 Å². The van der Waals surface area contributed by atoms with Crippen LogP contribution < -0.4 is 0 Å². The first-order valence-electron chi connectivity index (χ1n) is 6.39. The number of carbonyl (C=O) groups is 1. The third kappa shape index (κ3) is 3.44. The van der Waals surface area contributed by atoms with Crippen LogP contribution in [0.1, 0.15) is 22.6 Å². The predicted octanol–water partition coefficient (Wildman–Crippen LogP) is 3.49. The van der Waals surface area contributed by atoms with Gasteiger partial charge < -0.3 is 4.74 Å². The van der Waals surface area contributed by atoms with Gasteiger partial charge in [0.2, 0.25) is 0 Å². The number of aryl methyl sites for hydroxylation is 1. The first-order valence-corrected chi connectivity index (χ1v) is 6.39. The average molecular weight is 254 g/mol. The Bertz CT molecular complexity index is 546. The van der Waals surface area contributed by atoms with Crippen molar-refractivity contribution >= 4 is 5.97 Å². The molecule has 0 saturated carbocycles. The van der Waals surface area contributed by atoms with Crippen LogP contribution in [-0.4, -0.2) is 13.1 Å². The summed E-state index contributed by atoms with van der Waals surface area (Å²) in [6, 6.07) is 18.0. The number of esters is 1. The van der Waals surface area contributed by atoms with Crippen LogP contribution in [0, 0.1) is 6.92 Å². The number of ether oxygens (including phenoxy) is 1. The molecule has 2 rings (SSSR count). The van der Waals surface area contributed by atoms with Crippen LogP contribution in [0.3, 0.4) is 0 Å². The molecule has 1 atom stereocenters. The predicted molar refractivity (Wildman–Crippen MR) is 76.1 cm³/mol. The molecule has 1 unspecified atom stereocenters. The molecular formula is C17H18O2. The van der Waals surface area contributed by atoms with Crippen LogP contribution in [0.5, 0.6) is 0 Å². The first-order chi connectivity index (χ1) is 9.20. The molecule has 0 fully saturated rings. The Labute approximate surface area is 114 Å². The quantitative estimate of drug-likeness (QED) is 0.781. The Morgan fingerprint density at radius 2 is 1.84 bits per heavy atom. The molecule has 2 aromatic rings. The van der Waals surface area contributed by atoms with Crippen LogP contribution in [0.25, 0.3) is 0 Å². The second kappa shape index (κ2) is 6.19. The molecule has 98 valence electrons. The molecule has 0 aliphatic heterocycles. The highest BCUT2D eigenvalue weighted by molar-refractivity contribution is 5.78. The Balaban J connectivity index is 2.27. The van der Waals surface area contributed by atoms with Gasteiger partial charge in [-0.1, -0.05) is 60.2 Å². The highest BCUT2D eigenvalue weighted by atomic mass is 16.5. The number of hydrogen-bond donors (Lipinski definition) is 0. The second-order valence-electron chi connectivity index (χ2n) is 4.68. The van der Waals surface area contributed by atoms with Crippen LogP contribution >= 0.6 is 0 Å². The van der Waals surface area contributed by atoms with Gasteiger partial charge in [-0.15, -0.1) is 0 Å². The van der Waals surface area contributed by atoms with Gasteiger partial charge in [-0.2, -0.15) is 0 Å². The fourth-order valence-electron chi connectivity index (χ4n) is 2.24. The molecule has 0 N–H and O–H groups in total. The van der Waals surface area contributed by atoms with Crippen LogP contribution in [0.2, 0.25) is 0 Å². The summed E-state index contributed by atoms with van der Waals surface area (Å²) in [6.45, 7) is 2.05. The van der Waals surface area contributed by atoms with Crippen molar-refractivity contribution < 1.29 is 9.53 Å². The Hall–Kier alpha value is -2.09. The van der Waals surface area contributed by atoms with Gasteiger partial charge in [-0.3, -0.25) is 4.79 Å². The van der Waals surface area contributed by atoms with E-state index in [1.54, 1.807) is 0 Å². The van der Waals surface area contributed by atoms with E-state index >= 15 is 0 Å². The van der Waals surface area contributed by atoms with Gasteiger partial charge in [0, 0.05) is 0 Å². The second-order valence-corrected chi connectivity index (χ2v) is 4.68. The van der Waals surface area contributed by atoms with E-state index in [9.17, 15) is 4.79 Å². The molecule has 0 aromatic heterocycles. The number of hydrogen-bond acceptors (Lipinski definition) is 2. The third-order valence-corrected chi connectivity index (χ3v) is 3.21. The third-order valence-electron chi connectivity index (χ3n) is 3.21. The first kappa shape index (κ1) is 13.3. The highest BCUT2D eigenvalue weighted by Crippen LogP contribution is 2.22. The van der Waals surface area contributed by atoms with Gasteiger partial charge in [0.05, 0.1) is 13.0 Å². The van der Waals surface area contributed by atoms with E-state index in [0.717, 1.165) is 11.1 Å². The minimum absolute atomic E-state index is 0.187. The zero-order valence-corrected chi connectivity index (χ0v) is 11.3. The molecule has 2 aromatic carbocycles. The van der Waals surface area contributed by atoms with Gasteiger partial charge in [0.1, 0.15) is 0 Å². The van der Waals surface area contributed by atoms with Gasteiger partial charge in [0.25, 0.3) is 0 Å². The van der Waals surface area contributed by atoms with Crippen molar-refractivity contribution in [3.05, 3.63) is 71.3 Å². The zero-order chi connectivity index (χ0) is 13.7. The lowest BCUT2D eigenvalue weighted by molar-refractivity contribution is -0.142. The summed E-state index contributed by atoms with van der Waals surface area (Å²) in [6.07, 6.45) is 0.665. The maximum atomic E-state index is 12.0. The van der Waals surface area contributed by atoms with Crippen molar-refractivity contribution in [3.8, 4) is 0 Å². The Kier molecular flexibility index (Phi) is 4.35. The normalized spacial score (nSPS) is 11.9. The maximum absolute atomic E-state index is 12.0. The SMILES string of the molecule is COC(=O)C(Cc1cccc(C)c1)c1ccccc1. The minimum Gasteiger partial charge on any atom is -0.469 e. The fourth-order valence-corrected chi connectivity index (χ4v) is 2.24. The van der Waals surface area contributed by atoms with E-state index in [1.807, 2.05) is 42.5 Å². The van der Waals surface area contributed by atoms with E-state index in [2.05, 4.69) is 19.1 Å². The van der Waals surface area contributed by atoms with E-state index in [4.69, 9.17) is 4.74 Å². The van der Waals surface area contributed by atoms with E-state index in [1.165, 1.54) is 12.7 Å². The van der Waals surface area contributed by atoms with Gasteiger partial charge >= 0.3 is 5.97 Å². The lowest BCUT2D eigenvalue weighted by Gasteiger charge is -2.15. The van der Waals surface area contributed by atoms with Crippen LogP contribution in [-0.2, 0) is 16.0 Å². The van der Waals surface area contributed by atoms with Crippen molar-refractivity contribution in [2.75, 3.05) is 7.11 Å². The summed E-state index contributed by atoms with van der Waals surface area (Å²) in [4.78, 5) is 12.0. The van der Waals surface area contributed by atoms with E-state index < -0.39 is 0 Å². The van der Waals surface area contributed by atoms with Crippen molar-refractivity contribution in [1.82, 2.24) is 0 Å². The smallest absolute Gasteiger partial charge is 0.313 e. The van der Waals surface area contributed by atoms with Crippen molar-refractivity contribution in [1.29, 1.82) is 0 Å². The summed E-state index contributed by atoms with van der Waals surface area (Å²) >= 11 is 0. The molecule has 2 heteroatoms. The molecule has 0 aliphatic rings. The van der Waals surface area contributed by atoms with Crippen molar-refractivity contribution in [2.45, 2.75) is 19.3 Å². The van der Waals surface area contributed by atoms with Crippen molar-refractivity contribution in [2.24, 2.45) is 0 Å². The highest BCUT2D eigenvalue weighted by Gasteiger charge is 2.21. The molecule has 0 aliphatic carbocycles. The van der Waals surface area contributed by atoms with Gasteiger partial charge in [0.15, 0.2) is 0 Å². The molecule has 0 saturated heterocycles. The largest absolute Gasteiger partial charge is 0.469 e. The zero-order valence-electron chi connectivity index (χ0n) is 11.3. The Morgan fingerprint density at radius 3 is 2.47 bits per heavy atom. The number of rotatable bonds is 4. The van der Waals surface area contributed by atoms with Gasteiger partial charge in [-0.05, 0) is 24.5 Å². The minimum atomic E-state index is -0.243. The monoisotopic (exact) mass is 254 g/mol. The number of carbonyl (C=O) groups excluding carboxylic acids is 1. The summed E-state index contributed by atoms with van der Waals surface area (Å²) in [5.74, 6) is -0.430. The maximum Gasteiger partial charge on any atom is 0.313 e. The molecule has 0 heterocycles. The average Bonchev–Trinajstić information content (AvgIpc) is 2.45. The summed E-state index contributed by atoms with van der Waals surface area (Å²) in [5, 5.41) is 0. The lowest BCUT2D eigenvalue weighted by atomic mass is 9.91. The molecular weight excluding hydrogens is 236 g/mol. The van der Waals surface area contributed by atoms with E-state index in [-0.39, 0.29) is 11.9 Å². The molecule has 2 nitrogen and oxygen atoms in total. The van der Waals surface area contributed by atoms with Crippen molar-refractivity contribution in [3.63, 3.8) is 0 Å². The molecule has 0 spiro atoms. The summed E-state index contributed by atoms with van der Waals surface area (Å²) < 4.78 is 4.93. The summed E-state index contributed by atoms with van der Waals surface area (Å²) in [7, 11) is 1.44. The van der Waals surface area contributed by atoms with Crippen LogP contribution in [0.15, 0.2) is 54.6 Å².